The van der Waals surface area contributed by atoms with Gasteiger partial charge in [-0.25, -0.2) is 10.2 Å². The number of hydrazone groups is 1. The van der Waals surface area contributed by atoms with Gasteiger partial charge < -0.3 is 10.5 Å². The minimum atomic E-state index is -0.779. The van der Waals surface area contributed by atoms with Crippen LogP contribution in [0.2, 0.25) is 0 Å². The highest BCUT2D eigenvalue weighted by molar-refractivity contribution is 5.90. The molecule has 1 aromatic rings. The molecule has 6 nitrogen and oxygen atoms in total. The minimum Gasteiger partial charge on any atom is -0.465 e. The van der Waals surface area contributed by atoms with Crippen LogP contribution in [0.3, 0.4) is 0 Å². The molecule has 0 aliphatic heterocycles. The Kier molecular flexibility index (Phi) is 6.08. The number of rotatable bonds is 6. The van der Waals surface area contributed by atoms with E-state index in [2.05, 4.69) is 10.5 Å². The Balaban J connectivity index is 2.71. The molecule has 0 radical (unpaired) electrons. The molecule has 1 atom stereocenters. The first-order valence-corrected chi connectivity index (χ1v) is 5.92. The third-order valence-electron chi connectivity index (χ3n) is 2.32. The lowest BCUT2D eigenvalue weighted by Crippen LogP contribution is -2.27. The van der Waals surface area contributed by atoms with Crippen molar-refractivity contribution < 1.29 is 14.3 Å². The molecule has 0 bridgehead atoms. The van der Waals surface area contributed by atoms with Crippen molar-refractivity contribution >= 4 is 18.2 Å². The molecule has 102 valence electrons. The first kappa shape index (κ1) is 14.7. The molecule has 0 heterocycles. The monoisotopic (exact) mass is 263 g/mol. The van der Waals surface area contributed by atoms with E-state index in [0.29, 0.717) is 13.0 Å². The number of amides is 2. The lowest BCUT2D eigenvalue weighted by atomic mass is 10.0. The number of hydrogen-bond acceptors (Lipinski definition) is 4. The van der Waals surface area contributed by atoms with Crippen molar-refractivity contribution in [1.29, 1.82) is 0 Å². The Morgan fingerprint density at radius 3 is 2.68 bits per heavy atom. The molecule has 1 rings (SSSR count). The summed E-state index contributed by atoms with van der Waals surface area (Å²) in [5.74, 6) is -0.949. The third-order valence-corrected chi connectivity index (χ3v) is 2.32. The van der Waals surface area contributed by atoms with E-state index in [1.54, 1.807) is 6.92 Å². The number of nitrogens with zero attached hydrogens (tertiary/aromatic N) is 1. The minimum absolute atomic E-state index is 0.293. The summed E-state index contributed by atoms with van der Waals surface area (Å²) in [6.07, 6.45) is 1.78. The second-order valence-electron chi connectivity index (χ2n) is 3.80. The van der Waals surface area contributed by atoms with Gasteiger partial charge in [0, 0.05) is 6.21 Å². The average Bonchev–Trinajstić information content (AvgIpc) is 2.38. The molecule has 0 aliphatic rings. The fraction of sp³-hybridized carbons (Fsp3) is 0.308. The zero-order chi connectivity index (χ0) is 14.1. The van der Waals surface area contributed by atoms with Gasteiger partial charge in [-0.1, -0.05) is 30.3 Å². The first-order valence-electron chi connectivity index (χ1n) is 5.92. The van der Waals surface area contributed by atoms with E-state index in [1.807, 2.05) is 30.3 Å². The van der Waals surface area contributed by atoms with Crippen LogP contribution in [0.4, 0.5) is 4.79 Å². The van der Waals surface area contributed by atoms with Gasteiger partial charge in [0.2, 0.25) is 0 Å². The van der Waals surface area contributed by atoms with E-state index in [1.165, 1.54) is 6.21 Å². The summed E-state index contributed by atoms with van der Waals surface area (Å²) in [5.41, 5.74) is 7.92. The van der Waals surface area contributed by atoms with Crippen molar-refractivity contribution in [3.63, 3.8) is 0 Å². The highest BCUT2D eigenvalue weighted by Gasteiger charge is 2.18. The van der Waals surface area contributed by atoms with Gasteiger partial charge in [0.15, 0.2) is 0 Å². The van der Waals surface area contributed by atoms with Gasteiger partial charge in [0.1, 0.15) is 0 Å². The van der Waals surface area contributed by atoms with E-state index >= 15 is 0 Å². The van der Waals surface area contributed by atoms with Crippen molar-refractivity contribution in [2.75, 3.05) is 6.61 Å². The molecule has 0 aliphatic carbocycles. The molecule has 6 heteroatoms. The molecule has 0 saturated carbocycles. The van der Waals surface area contributed by atoms with Gasteiger partial charge in [-0.15, -0.1) is 0 Å². The molecule has 0 unspecified atom stereocenters. The van der Waals surface area contributed by atoms with Crippen molar-refractivity contribution in [3.8, 4) is 0 Å². The maximum atomic E-state index is 11.8. The highest BCUT2D eigenvalue weighted by Crippen LogP contribution is 2.09. The predicted molar refractivity (Wildman–Crippen MR) is 71.5 cm³/mol. The van der Waals surface area contributed by atoms with Gasteiger partial charge in [-0.2, -0.15) is 5.10 Å². The van der Waals surface area contributed by atoms with Crippen molar-refractivity contribution in [1.82, 2.24) is 5.43 Å². The van der Waals surface area contributed by atoms with E-state index in [9.17, 15) is 9.59 Å². The van der Waals surface area contributed by atoms with Crippen LogP contribution < -0.4 is 11.2 Å². The van der Waals surface area contributed by atoms with Gasteiger partial charge in [-0.05, 0) is 18.9 Å². The van der Waals surface area contributed by atoms with Crippen LogP contribution in [0, 0.1) is 5.92 Å². The molecule has 0 aromatic heterocycles. The maximum absolute atomic E-state index is 11.8. The number of nitrogens with two attached hydrogens (primary N) is 1. The van der Waals surface area contributed by atoms with Crippen LogP contribution in [0.25, 0.3) is 0 Å². The molecule has 19 heavy (non-hydrogen) atoms. The van der Waals surface area contributed by atoms with Crippen LogP contribution in [0.5, 0.6) is 0 Å². The molecule has 1 aromatic carbocycles. The van der Waals surface area contributed by atoms with Gasteiger partial charge >= 0.3 is 12.0 Å². The van der Waals surface area contributed by atoms with Crippen molar-refractivity contribution in [2.24, 2.45) is 16.8 Å². The quantitative estimate of drug-likeness (QED) is 0.456. The fourth-order valence-electron chi connectivity index (χ4n) is 1.51. The Morgan fingerprint density at radius 1 is 1.42 bits per heavy atom. The topological polar surface area (TPSA) is 93.8 Å². The number of nitrogens with one attached hydrogen (secondary N) is 1. The summed E-state index contributed by atoms with van der Waals surface area (Å²) >= 11 is 0. The smallest absolute Gasteiger partial charge is 0.332 e. The van der Waals surface area contributed by atoms with Crippen LogP contribution in [-0.2, 0) is 16.0 Å². The van der Waals surface area contributed by atoms with E-state index in [-0.39, 0.29) is 5.97 Å². The Labute approximate surface area is 111 Å². The second kappa shape index (κ2) is 7.86. The van der Waals surface area contributed by atoms with E-state index < -0.39 is 11.9 Å². The summed E-state index contributed by atoms with van der Waals surface area (Å²) < 4.78 is 4.96. The standard InChI is InChI=1S/C13H17N3O3/c1-2-19-12(17)11(9-15-16-13(14)18)8-10-6-4-3-5-7-10/h3-7,9,11H,2,8H2,1H3,(H3,14,16,18)/b15-9-/t11-/m1/s1. The van der Waals surface area contributed by atoms with Gasteiger partial charge in [0.05, 0.1) is 12.5 Å². The summed E-state index contributed by atoms with van der Waals surface area (Å²) in [6, 6.07) is 8.69. The zero-order valence-corrected chi connectivity index (χ0v) is 10.7. The normalized spacial score (nSPS) is 12.1. The molecular formula is C13H17N3O3. The lowest BCUT2D eigenvalue weighted by molar-refractivity contribution is -0.145. The van der Waals surface area contributed by atoms with Gasteiger partial charge in [0.25, 0.3) is 0 Å². The molecule has 0 saturated heterocycles. The van der Waals surface area contributed by atoms with E-state index in [4.69, 9.17) is 10.5 Å². The number of carbonyl (C=O) groups excluding carboxylic acids is 2. The predicted octanol–water partition coefficient (Wildman–Crippen LogP) is 1.06. The molecule has 3 N–H and O–H groups in total. The summed E-state index contributed by atoms with van der Waals surface area (Å²) in [5, 5.41) is 3.62. The van der Waals surface area contributed by atoms with Crippen LogP contribution in [0.15, 0.2) is 35.4 Å². The largest absolute Gasteiger partial charge is 0.465 e. The summed E-state index contributed by atoms with van der Waals surface area (Å²) in [6.45, 7) is 2.03. The van der Waals surface area contributed by atoms with Gasteiger partial charge in [-0.3, -0.25) is 4.79 Å². The number of ether oxygens (including phenoxy) is 1. The molecular weight excluding hydrogens is 246 g/mol. The molecule has 0 spiro atoms. The SMILES string of the molecule is CCOC(=O)[C@@H](/C=N\NC(N)=O)Cc1ccccc1. The number of benzene rings is 1. The number of primary amides is 1. The summed E-state index contributed by atoms with van der Waals surface area (Å²) in [4.78, 5) is 22.3. The Bertz CT molecular complexity index is 446. The lowest BCUT2D eigenvalue weighted by Gasteiger charge is -2.11. The van der Waals surface area contributed by atoms with Crippen molar-refractivity contribution in [3.05, 3.63) is 35.9 Å². The Morgan fingerprint density at radius 2 is 2.11 bits per heavy atom. The van der Waals surface area contributed by atoms with Crippen LogP contribution in [-0.4, -0.2) is 24.8 Å². The van der Waals surface area contributed by atoms with Crippen LogP contribution in [0.1, 0.15) is 12.5 Å². The molecule has 0 fully saturated rings. The number of hydrogen-bond donors (Lipinski definition) is 2. The second-order valence-corrected chi connectivity index (χ2v) is 3.80. The van der Waals surface area contributed by atoms with Crippen molar-refractivity contribution in [2.45, 2.75) is 13.3 Å². The molecule has 2 amide bonds. The number of carbonyl (C=O) groups is 2. The number of urea groups is 1. The first-order chi connectivity index (χ1) is 9.13. The number of esters is 1. The highest BCUT2D eigenvalue weighted by atomic mass is 16.5. The van der Waals surface area contributed by atoms with E-state index in [0.717, 1.165) is 5.56 Å². The van der Waals surface area contributed by atoms with Crippen LogP contribution >= 0.6 is 0 Å². The fourth-order valence-corrected chi connectivity index (χ4v) is 1.51. The third kappa shape index (κ3) is 5.67. The maximum Gasteiger partial charge on any atom is 0.332 e. The zero-order valence-electron chi connectivity index (χ0n) is 10.7. The average molecular weight is 263 g/mol. The summed E-state index contributed by atoms with van der Waals surface area (Å²) in [7, 11) is 0. The Hall–Kier alpha value is -2.37.